The minimum atomic E-state index is -0.403. The van der Waals surface area contributed by atoms with E-state index in [-0.39, 0.29) is 6.61 Å². The minimum absolute atomic E-state index is 0.274. The Hall–Kier alpha value is -3.71. The number of carbonyl (C=O) groups is 1. The number of aromatic nitrogens is 3. The van der Waals surface area contributed by atoms with Crippen molar-refractivity contribution in [2.75, 3.05) is 13.2 Å². The number of carbonyl (C=O) groups excluding carboxylic acids is 1. The Labute approximate surface area is 221 Å². The van der Waals surface area contributed by atoms with Crippen LogP contribution in [0.4, 0.5) is 4.39 Å². The van der Waals surface area contributed by atoms with Gasteiger partial charge in [-0.15, -0.1) is 0 Å². The molecule has 2 heterocycles. The maximum absolute atomic E-state index is 13.8. The molecular weight excluding hydrogens is 491 g/mol. The Balaban J connectivity index is 1.58. The SMILES string of the molecule is Cc1cc(C)nc(CN(C=O)CCOc2c(C)cc(Cn3ccnc3C)cc2-c2ccc(F)cc2Cl)c1. The van der Waals surface area contributed by atoms with E-state index in [4.69, 9.17) is 16.3 Å². The first-order valence-electron chi connectivity index (χ1n) is 12.1. The quantitative estimate of drug-likeness (QED) is 0.239. The second kappa shape index (κ2) is 11.6. The smallest absolute Gasteiger partial charge is 0.210 e. The van der Waals surface area contributed by atoms with E-state index in [1.807, 2.05) is 56.7 Å². The van der Waals surface area contributed by atoms with Gasteiger partial charge in [-0.2, -0.15) is 0 Å². The molecule has 0 saturated carbocycles. The Morgan fingerprint density at radius 1 is 1.08 bits per heavy atom. The molecule has 0 unspecified atom stereocenters. The molecule has 192 valence electrons. The van der Waals surface area contributed by atoms with Crippen molar-refractivity contribution in [2.45, 2.75) is 40.8 Å². The molecule has 0 aliphatic rings. The number of amides is 1. The van der Waals surface area contributed by atoms with E-state index >= 15 is 0 Å². The van der Waals surface area contributed by atoms with Crippen molar-refractivity contribution in [3.05, 3.63) is 99.6 Å². The van der Waals surface area contributed by atoms with E-state index < -0.39 is 5.82 Å². The fraction of sp³-hybridized carbons (Fsp3) is 0.276. The largest absolute Gasteiger partial charge is 0.491 e. The third kappa shape index (κ3) is 6.54. The summed E-state index contributed by atoms with van der Waals surface area (Å²) in [5.74, 6) is 1.15. The van der Waals surface area contributed by atoms with E-state index in [1.54, 1.807) is 17.2 Å². The number of hydrogen-bond acceptors (Lipinski definition) is 4. The van der Waals surface area contributed by atoms with Gasteiger partial charge < -0.3 is 14.2 Å². The zero-order chi connectivity index (χ0) is 26.5. The van der Waals surface area contributed by atoms with Gasteiger partial charge in [0, 0.05) is 35.8 Å². The second-order valence-corrected chi connectivity index (χ2v) is 9.62. The zero-order valence-corrected chi connectivity index (χ0v) is 22.2. The highest BCUT2D eigenvalue weighted by atomic mass is 35.5. The lowest BCUT2D eigenvalue weighted by Crippen LogP contribution is -2.27. The number of imidazole rings is 1. The van der Waals surface area contributed by atoms with Crippen LogP contribution in [0.5, 0.6) is 5.75 Å². The van der Waals surface area contributed by atoms with Crippen LogP contribution in [0.15, 0.2) is 54.9 Å². The highest BCUT2D eigenvalue weighted by Crippen LogP contribution is 2.38. The van der Waals surface area contributed by atoms with Gasteiger partial charge in [0.05, 0.1) is 23.8 Å². The standard InChI is InChI=1S/C29H30ClFN4O2/c1-19-11-21(3)33-25(12-19)17-34(18-36)9-10-37-29-20(2)13-23(16-35-8-7-32-22(35)4)14-27(29)26-6-5-24(31)15-28(26)30/h5-8,11-15,18H,9-10,16-17H2,1-4H3. The van der Waals surface area contributed by atoms with Crippen molar-refractivity contribution < 1.29 is 13.9 Å². The third-order valence-corrected chi connectivity index (χ3v) is 6.43. The molecule has 4 aromatic rings. The lowest BCUT2D eigenvalue weighted by atomic mass is 9.98. The summed E-state index contributed by atoms with van der Waals surface area (Å²) in [6.45, 7) is 9.55. The third-order valence-electron chi connectivity index (χ3n) is 6.12. The van der Waals surface area contributed by atoms with Crippen LogP contribution in [0, 0.1) is 33.5 Å². The number of hydrogen-bond donors (Lipinski definition) is 0. The molecular formula is C29H30ClFN4O2. The summed E-state index contributed by atoms with van der Waals surface area (Å²) >= 11 is 6.46. The fourth-order valence-electron chi connectivity index (χ4n) is 4.46. The van der Waals surface area contributed by atoms with Crippen LogP contribution in [0.1, 0.15) is 33.9 Å². The van der Waals surface area contributed by atoms with Gasteiger partial charge >= 0.3 is 0 Å². The molecule has 0 fully saturated rings. The number of nitrogens with zero attached hydrogens (tertiary/aromatic N) is 4. The van der Waals surface area contributed by atoms with Crippen LogP contribution in [0.25, 0.3) is 11.1 Å². The van der Waals surface area contributed by atoms with Crippen LogP contribution in [0.3, 0.4) is 0 Å². The van der Waals surface area contributed by atoms with Gasteiger partial charge in [-0.05, 0) is 80.8 Å². The average molecular weight is 521 g/mol. The Bertz CT molecular complexity index is 1400. The summed E-state index contributed by atoms with van der Waals surface area (Å²) < 4.78 is 22.1. The molecule has 0 bridgehead atoms. The van der Waals surface area contributed by atoms with Crippen LogP contribution in [-0.4, -0.2) is 39.0 Å². The van der Waals surface area contributed by atoms with Crippen LogP contribution in [0.2, 0.25) is 5.02 Å². The molecule has 0 aliphatic heterocycles. The number of rotatable bonds is 10. The number of benzene rings is 2. The zero-order valence-electron chi connectivity index (χ0n) is 21.5. The van der Waals surface area contributed by atoms with E-state index in [0.717, 1.165) is 45.9 Å². The molecule has 1 amide bonds. The van der Waals surface area contributed by atoms with Crippen molar-refractivity contribution in [2.24, 2.45) is 0 Å². The summed E-state index contributed by atoms with van der Waals surface area (Å²) in [5.41, 5.74) is 6.25. The highest BCUT2D eigenvalue weighted by molar-refractivity contribution is 6.33. The van der Waals surface area contributed by atoms with E-state index in [0.29, 0.717) is 36.0 Å². The number of halogens is 2. The second-order valence-electron chi connectivity index (χ2n) is 9.22. The molecule has 2 aromatic carbocycles. The van der Waals surface area contributed by atoms with Gasteiger partial charge in [0.15, 0.2) is 0 Å². The molecule has 0 aliphatic carbocycles. The van der Waals surface area contributed by atoms with Crippen LogP contribution in [-0.2, 0) is 17.9 Å². The van der Waals surface area contributed by atoms with Crippen molar-refractivity contribution in [1.82, 2.24) is 19.4 Å². The minimum Gasteiger partial charge on any atom is -0.491 e. The number of aryl methyl sites for hydroxylation is 4. The van der Waals surface area contributed by atoms with Crippen LogP contribution < -0.4 is 4.74 Å². The highest BCUT2D eigenvalue weighted by Gasteiger charge is 2.16. The normalized spacial score (nSPS) is 11.0. The molecule has 0 atom stereocenters. The van der Waals surface area contributed by atoms with Crippen molar-refractivity contribution in [3.8, 4) is 16.9 Å². The molecule has 4 rings (SSSR count). The average Bonchev–Trinajstić information content (AvgIpc) is 3.23. The Kier molecular flexibility index (Phi) is 8.24. The van der Waals surface area contributed by atoms with Gasteiger partial charge in [-0.1, -0.05) is 17.7 Å². The molecule has 37 heavy (non-hydrogen) atoms. The predicted octanol–water partition coefficient (Wildman–Crippen LogP) is 6.06. The van der Waals surface area contributed by atoms with Crippen molar-refractivity contribution >= 4 is 18.0 Å². The lowest BCUT2D eigenvalue weighted by Gasteiger charge is -2.21. The molecule has 0 saturated heterocycles. The summed E-state index contributed by atoms with van der Waals surface area (Å²) in [5, 5.41) is 0.302. The van der Waals surface area contributed by atoms with Crippen LogP contribution >= 0.6 is 11.6 Å². The topological polar surface area (TPSA) is 60.3 Å². The first-order valence-corrected chi connectivity index (χ1v) is 12.4. The monoisotopic (exact) mass is 520 g/mol. The maximum atomic E-state index is 13.8. The Morgan fingerprint density at radius 3 is 2.57 bits per heavy atom. The molecule has 6 nitrogen and oxygen atoms in total. The van der Waals surface area contributed by atoms with E-state index in [1.165, 1.54) is 12.1 Å². The fourth-order valence-corrected chi connectivity index (χ4v) is 4.72. The number of ether oxygens (including phenoxy) is 1. The van der Waals surface area contributed by atoms with Crippen molar-refractivity contribution in [1.29, 1.82) is 0 Å². The molecule has 2 aromatic heterocycles. The molecule has 8 heteroatoms. The van der Waals surface area contributed by atoms with Crippen molar-refractivity contribution in [3.63, 3.8) is 0 Å². The lowest BCUT2D eigenvalue weighted by molar-refractivity contribution is -0.119. The first kappa shape index (κ1) is 26.4. The van der Waals surface area contributed by atoms with Gasteiger partial charge in [0.2, 0.25) is 6.41 Å². The summed E-state index contributed by atoms with van der Waals surface area (Å²) in [6.07, 6.45) is 4.51. The maximum Gasteiger partial charge on any atom is 0.210 e. The van der Waals surface area contributed by atoms with Gasteiger partial charge in [0.1, 0.15) is 24.0 Å². The molecule has 0 radical (unpaired) electrons. The van der Waals surface area contributed by atoms with Gasteiger partial charge in [-0.25, -0.2) is 9.37 Å². The van der Waals surface area contributed by atoms with Gasteiger partial charge in [-0.3, -0.25) is 9.78 Å². The Morgan fingerprint density at radius 2 is 1.89 bits per heavy atom. The van der Waals surface area contributed by atoms with Gasteiger partial charge in [0.25, 0.3) is 0 Å². The van der Waals surface area contributed by atoms with E-state index in [2.05, 4.69) is 16.0 Å². The molecule has 0 N–H and O–H groups in total. The predicted molar refractivity (Wildman–Crippen MR) is 143 cm³/mol. The summed E-state index contributed by atoms with van der Waals surface area (Å²) in [7, 11) is 0. The summed E-state index contributed by atoms with van der Waals surface area (Å²) in [6, 6.07) is 12.4. The number of pyridine rings is 1. The molecule has 0 spiro atoms. The first-order chi connectivity index (χ1) is 17.7. The van der Waals surface area contributed by atoms with E-state index in [9.17, 15) is 9.18 Å². The summed E-state index contributed by atoms with van der Waals surface area (Å²) in [4.78, 5) is 22.2.